The molecule has 28 heavy (non-hydrogen) atoms. The Balaban J connectivity index is 1.88. The van der Waals surface area contributed by atoms with Crippen molar-refractivity contribution in [2.75, 3.05) is 11.5 Å². The number of alkyl halides is 3. The maximum atomic E-state index is 13.0. The predicted octanol–water partition coefficient (Wildman–Crippen LogP) is 5.68. The molecular weight excluding hydrogens is 407 g/mol. The Kier molecular flexibility index (Phi) is 5.90. The molecule has 1 heterocycles. The van der Waals surface area contributed by atoms with Crippen LogP contribution < -0.4 is 9.64 Å². The number of thioether (sulfide) groups is 1. The molecule has 0 radical (unpaired) electrons. The molecule has 3 rings (SSSR count). The molecule has 0 bridgehead atoms. The maximum absolute atomic E-state index is 13.0. The first-order valence-corrected chi connectivity index (χ1v) is 9.31. The van der Waals surface area contributed by atoms with Gasteiger partial charge in [-0.25, -0.2) is 0 Å². The number of benzene rings is 2. The number of anilines is 1. The number of hydrogen-bond acceptors (Lipinski definition) is 4. The highest BCUT2D eigenvalue weighted by atomic mass is 32.2. The zero-order chi connectivity index (χ0) is 20.3. The second kappa shape index (κ2) is 8.20. The van der Waals surface area contributed by atoms with Gasteiger partial charge in [0.25, 0.3) is 5.91 Å². The van der Waals surface area contributed by atoms with Gasteiger partial charge in [-0.1, -0.05) is 54.8 Å². The van der Waals surface area contributed by atoms with Gasteiger partial charge in [-0.3, -0.25) is 9.69 Å². The number of ether oxygens (including phenoxy) is 1. The predicted molar refractivity (Wildman–Crippen MR) is 109 cm³/mol. The highest BCUT2D eigenvalue weighted by Crippen LogP contribution is 2.38. The maximum Gasteiger partial charge on any atom is 0.416 e. The molecule has 3 nitrogen and oxygen atoms in total. The van der Waals surface area contributed by atoms with E-state index in [0.29, 0.717) is 22.8 Å². The van der Waals surface area contributed by atoms with Crippen LogP contribution in [0.15, 0.2) is 66.1 Å². The Morgan fingerprint density at radius 1 is 1.18 bits per heavy atom. The molecule has 8 heteroatoms. The molecule has 1 amide bonds. The lowest BCUT2D eigenvalue weighted by molar-refractivity contribution is -0.137. The first kappa shape index (κ1) is 20.2. The summed E-state index contributed by atoms with van der Waals surface area (Å²) in [5, 5.41) is 0. The third-order valence-electron chi connectivity index (χ3n) is 3.75. The van der Waals surface area contributed by atoms with E-state index in [2.05, 4.69) is 6.58 Å². The molecule has 0 atom stereocenters. The lowest BCUT2D eigenvalue weighted by Gasteiger charge is -2.16. The third-order valence-corrected chi connectivity index (χ3v) is 5.05. The first-order valence-electron chi connectivity index (χ1n) is 8.08. The van der Waals surface area contributed by atoms with E-state index in [-0.39, 0.29) is 10.0 Å². The van der Waals surface area contributed by atoms with Crippen molar-refractivity contribution in [1.82, 2.24) is 0 Å². The smallest absolute Gasteiger partial charge is 0.416 e. The van der Waals surface area contributed by atoms with Crippen LogP contribution in [0, 0.1) is 0 Å². The fourth-order valence-corrected chi connectivity index (χ4v) is 3.81. The van der Waals surface area contributed by atoms with Crippen LogP contribution in [0.25, 0.3) is 6.08 Å². The molecule has 2 aromatic rings. The number of thiocarbonyl (C=S) groups is 1. The molecule has 144 valence electrons. The van der Waals surface area contributed by atoms with Gasteiger partial charge >= 0.3 is 6.18 Å². The van der Waals surface area contributed by atoms with Crippen LogP contribution in [0.5, 0.6) is 5.75 Å². The van der Waals surface area contributed by atoms with E-state index in [1.54, 1.807) is 36.4 Å². The van der Waals surface area contributed by atoms with Gasteiger partial charge in [0.15, 0.2) is 4.32 Å². The Bertz CT molecular complexity index is 970. The van der Waals surface area contributed by atoms with Gasteiger partial charge in [0.2, 0.25) is 0 Å². The molecule has 0 aromatic heterocycles. The average Bonchev–Trinajstić information content (AvgIpc) is 2.93. The van der Waals surface area contributed by atoms with Crippen molar-refractivity contribution in [2.45, 2.75) is 6.18 Å². The molecule has 0 spiro atoms. The summed E-state index contributed by atoms with van der Waals surface area (Å²) in [5.41, 5.74) is -0.0370. The zero-order valence-corrected chi connectivity index (χ0v) is 16.0. The molecule has 1 aliphatic rings. The quantitative estimate of drug-likeness (QED) is 0.353. The Morgan fingerprint density at radius 2 is 1.93 bits per heavy atom. The monoisotopic (exact) mass is 421 g/mol. The Labute approximate surface area is 169 Å². The number of nitrogens with zero attached hydrogens (tertiary/aromatic N) is 1. The van der Waals surface area contributed by atoms with Crippen molar-refractivity contribution in [3.05, 3.63) is 77.2 Å². The number of amides is 1. The van der Waals surface area contributed by atoms with Crippen LogP contribution in [-0.2, 0) is 11.0 Å². The van der Waals surface area contributed by atoms with Crippen molar-refractivity contribution in [2.24, 2.45) is 0 Å². The zero-order valence-electron chi connectivity index (χ0n) is 14.4. The highest BCUT2D eigenvalue weighted by molar-refractivity contribution is 8.27. The topological polar surface area (TPSA) is 29.5 Å². The van der Waals surface area contributed by atoms with Crippen molar-refractivity contribution < 1.29 is 22.7 Å². The summed E-state index contributed by atoms with van der Waals surface area (Å²) >= 11 is 6.26. The third kappa shape index (κ3) is 4.45. The molecular formula is C20H14F3NO2S2. The molecule has 0 aliphatic carbocycles. The number of hydrogen-bond donors (Lipinski definition) is 0. The molecule has 2 aromatic carbocycles. The summed E-state index contributed by atoms with van der Waals surface area (Å²) in [6, 6.07) is 11.6. The fraction of sp³-hybridized carbons (Fsp3) is 0.100. The minimum atomic E-state index is -4.50. The molecule has 0 saturated carbocycles. The van der Waals surface area contributed by atoms with E-state index in [1.165, 1.54) is 12.1 Å². The van der Waals surface area contributed by atoms with Gasteiger partial charge in [-0.2, -0.15) is 13.2 Å². The minimum absolute atomic E-state index is 0.0868. The van der Waals surface area contributed by atoms with E-state index >= 15 is 0 Å². The summed E-state index contributed by atoms with van der Waals surface area (Å²) in [6.07, 6.45) is -1.25. The van der Waals surface area contributed by atoms with Crippen LogP contribution in [0.2, 0.25) is 0 Å². The van der Waals surface area contributed by atoms with Crippen molar-refractivity contribution >= 4 is 46.0 Å². The number of rotatable bonds is 5. The van der Waals surface area contributed by atoms with E-state index in [0.717, 1.165) is 28.8 Å². The van der Waals surface area contributed by atoms with Crippen LogP contribution in [-0.4, -0.2) is 16.8 Å². The summed E-state index contributed by atoms with van der Waals surface area (Å²) in [4.78, 5) is 14.2. The SMILES string of the molecule is C=CCOc1cccc(/C=C2\SC(=S)N(c3cccc(C(F)(F)F)c3)C2=O)c1. The Hall–Kier alpha value is -2.58. The van der Waals surface area contributed by atoms with Crippen LogP contribution in [0.3, 0.4) is 0 Å². The van der Waals surface area contributed by atoms with E-state index in [4.69, 9.17) is 17.0 Å². The average molecular weight is 421 g/mol. The summed E-state index contributed by atoms with van der Waals surface area (Å²) in [6.45, 7) is 3.93. The molecule has 0 N–H and O–H groups in total. The molecule has 1 aliphatic heterocycles. The number of carbonyl (C=O) groups is 1. The second-order valence-electron chi connectivity index (χ2n) is 5.74. The van der Waals surface area contributed by atoms with Gasteiger partial charge in [0, 0.05) is 0 Å². The largest absolute Gasteiger partial charge is 0.490 e. The highest BCUT2D eigenvalue weighted by Gasteiger charge is 2.36. The standard InChI is InChI=1S/C20H14F3NO2S2/c1-2-9-26-16-8-3-5-13(10-16)11-17-18(25)24(19(27)28-17)15-7-4-6-14(12-15)20(21,22)23/h2-8,10-12H,1,9H2/b17-11-. The van der Waals surface area contributed by atoms with Crippen LogP contribution in [0.4, 0.5) is 18.9 Å². The van der Waals surface area contributed by atoms with E-state index < -0.39 is 17.6 Å². The fourth-order valence-electron chi connectivity index (χ4n) is 2.51. The van der Waals surface area contributed by atoms with Crippen LogP contribution >= 0.6 is 24.0 Å². The molecule has 0 unspecified atom stereocenters. The van der Waals surface area contributed by atoms with E-state index in [1.807, 2.05) is 0 Å². The number of carbonyl (C=O) groups excluding carboxylic acids is 1. The van der Waals surface area contributed by atoms with Crippen molar-refractivity contribution in [3.63, 3.8) is 0 Å². The first-order chi connectivity index (χ1) is 13.3. The molecule has 1 fully saturated rings. The number of halogens is 3. The van der Waals surface area contributed by atoms with Gasteiger partial charge < -0.3 is 4.74 Å². The van der Waals surface area contributed by atoms with Gasteiger partial charge in [0.05, 0.1) is 16.2 Å². The lowest BCUT2D eigenvalue weighted by Crippen LogP contribution is -2.27. The summed E-state index contributed by atoms with van der Waals surface area (Å²) < 4.78 is 44.5. The van der Waals surface area contributed by atoms with Gasteiger partial charge in [0.1, 0.15) is 12.4 Å². The van der Waals surface area contributed by atoms with Crippen LogP contribution in [0.1, 0.15) is 11.1 Å². The van der Waals surface area contributed by atoms with Gasteiger partial charge in [-0.05, 0) is 42.0 Å². The van der Waals surface area contributed by atoms with Gasteiger partial charge in [-0.15, -0.1) is 0 Å². The normalized spacial score (nSPS) is 16.0. The lowest BCUT2D eigenvalue weighted by atomic mass is 10.1. The Morgan fingerprint density at radius 3 is 2.64 bits per heavy atom. The second-order valence-corrected chi connectivity index (χ2v) is 7.41. The summed E-state index contributed by atoms with van der Waals surface area (Å²) in [5.74, 6) is 0.147. The van der Waals surface area contributed by atoms with Crippen molar-refractivity contribution in [3.8, 4) is 5.75 Å². The van der Waals surface area contributed by atoms with Crippen molar-refractivity contribution in [1.29, 1.82) is 0 Å². The molecule has 1 saturated heterocycles. The minimum Gasteiger partial charge on any atom is -0.490 e. The summed E-state index contributed by atoms with van der Waals surface area (Å²) in [7, 11) is 0. The van der Waals surface area contributed by atoms with E-state index in [9.17, 15) is 18.0 Å².